The molecular weight excluding hydrogens is 389 g/mol. The number of nitrogens with one attached hydrogen (secondary N) is 1. The molecule has 1 saturated carbocycles. The van der Waals surface area contributed by atoms with Gasteiger partial charge in [0.15, 0.2) is 5.82 Å². The normalized spacial score (nSPS) is 27.4. The van der Waals surface area contributed by atoms with Crippen LogP contribution < -0.4 is 15.8 Å². The quantitative estimate of drug-likeness (QED) is 0.778. The summed E-state index contributed by atoms with van der Waals surface area (Å²) in [7, 11) is 1.74. The summed E-state index contributed by atoms with van der Waals surface area (Å²) in [5, 5.41) is 3.46. The molecule has 1 aliphatic carbocycles. The van der Waals surface area contributed by atoms with Crippen LogP contribution in [0.4, 0.5) is 5.82 Å². The fourth-order valence-electron chi connectivity index (χ4n) is 4.81. The van der Waals surface area contributed by atoms with Gasteiger partial charge in [0.1, 0.15) is 0 Å². The number of hydrogen-bond donors (Lipinski definition) is 1. The number of nitrogens with zero attached hydrogens (tertiary/aromatic N) is 4. The Balaban J connectivity index is 0.00000131. The van der Waals surface area contributed by atoms with Crippen molar-refractivity contribution in [3.63, 3.8) is 0 Å². The van der Waals surface area contributed by atoms with Gasteiger partial charge in [-0.3, -0.25) is 9.59 Å². The van der Waals surface area contributed by atoms with E-state index in [1.165, 1.54) is 12.8 Å². The Morgan fingerprint density at radius 2 is 1.96 bits per heavy atom. The first kappa shape index (κ1) is 22.0. The smallest absolute Gasteiger partial charge is 0.293 e. The SMILES string of the molecule is Cl.Cl.Cn1ccnc(N2CCN(C(=O)[C@@]34CCCC[C@H]3CNC4)CC2)c1=O. The van der Waals surface area contributed by atoms with Gasteiger partial charge in [-0.15, -0.1) is 24.8 Å². The van der Waals surface area contributed by atoms with E-state index in [0.717, 1.165) is 25.9 Å². The van der Waals surface area contributed by atoms with Gasteiger partial charge in [-0.2, -0.15) is 0 Å². The molecule has 2 atom stereocenters. The molecule has 1 N–H and O–H groups in total. The second-order valence-electron chi connectivity index (χ2n) is 7.68. The molecule has 7 nitrogen and oxygen atoms in total. The number of fused-ring (bicyclic) bond motifs is 1. The van der Waals surface area contributed by atoms with E-state index in [1.54, 1.807) is 24.0 Å². The van der Waals surface area contributed by atoms with Crippen LogP contribution in [-0.2, 0) is 11.8 Å². The molecule has 0 aromatic carbocycles. The van der Waals surface area contributed by atoms with E-state index in [4.69, 9.17) is 0 Å². The van der Waals surface area contributed by atoms with Crippen LogP contribution in [0.2, 0.25) is 0 Å². The summed E-state index contributed by atoms with van der Waals surface area (Å²) in [6.07, 6.45) is 7.92. The number of hydrogen-bond acceptors (Lipinski definition) is 5. The van der Waals surface area contributed by atoms with Crippen LogP contribution in [-0.4, -0.2) is 59.6 Å². The second-order valence-corrected chi connectivity index (χ2v) is 7.68. The molecule has 1 aromatic heterocycles. The van der Waals surface area contributed by atoms with Crippen molar-refractivity contribution in [3.05, 3.63) is 22.7 Å². The van der Waals surface area contributed by atoms with Crippen molar-refractivity contribution in [3.8, 4) is 0 Å². The van der Waals surface area contributed by atoms with Gasteiger partial charge in [0.2, 0.25) is 5.91 Å². The highest BCUT2D eigenvalue weighted by Crippen LogP contribution is 2.45. The van der Waals surface area contributed by atoms with Crippen LogP contribution in [0.3, 0.4) is 0 Å². The van der Waals surface area contributed by atoms with Gasteiger partial charge in [-0.05, 0) is 25.3 Å². The van der Waals surface area contributed by atoms with Crippen LogP contribution in [0.25, 0.3) is 0 Å². The van der Waals surface area contributed by atoms with Crippen LogP contribution in [0.5, 0.6) is 0 Å². The standard InChI is InChI=1S/C18H27N5O2.2ClH/c1-21-7-6-20-15(16(21)24)22-8-10-23(11-9-22)17(25)18-5-3-2-4-14(18)12-19-13-18;;/h6-7,14,19H,2-5,8-13H2,1H3;2*1H/t14-,18+;;/m0../s1. The summed E-state index contributed by atoms with van der Waals surface area (Å²) in [6.45, 7) is 4.51. The number of carbonyl (C=O) groups is 1. The van der Waals surface area contributed by atoms with Crippen LogP contribution in [0.15, 0.2) is 17.2 Å². The van der Waals surface area contributed by atoms with Crippen LogP contribution in [0.1, 0.15) is 25.7 Å². The number of aromatic nitrogens is 2. The van der Waals surface area contributed by atoms with Crippen LogP contribution in [0, 0.1) is 11.3 Å². The lowest BCUT2D eigenvalue weighted by Crippen LogP contribution is -2.56. The summed E-state index contributed by atoms with van der Waals surface area (Å²) in [5.74, 6) is 1.32. The molecule has 1 amide bonds. The second kappa shape index (κ2) is 8.80. The van der Waals surface area contributed by atoms with Gasteiger partial charge in [0.25, 0.3) is 5.56 Å². The highest BCUT2D eigenvalue weighted by Gasteiger charge is 2.51. The molecule has 2 aliphatic heterocycles. The molecule has 0 radical (unpaired) electrons. The minimum atomic E-state index is -0.179. The van der Waals surface area contributed by atoms with Crippen molar-refractivity contribution < 1.29 is 4.79 Å². The maximum Gasteiger partial charge on any atom is 0.293 e. The zero-order chi connectivity index (χ0) is 17.4. The van der Waals surface area contributed by atoms with Crippen LogP contribution >= 0.6 is 24.8 Å². The largest absolute Gasteiger partial charge is 0.348 e. The lowest BCUT2D eigenvalue weighted by atomic mass is 9.67. The van der Waals surface area contributed by atoms with Crippen molar-refractivity contribution in [2.75, 3.05) is 44.2 Å². The first-order chi connectivity index (χ1) is 12.1. The molecule has 27 heavy (non-hydrogen) atoms. The topological polar surface area (TPSA) is 70.5 Å². The van der Waals surface area contributed by atoms with E-state index in [2.05, 4.69) is 10.3 Å². The first-order valence-corrected chi connectivity index (χ1v) is 9.38. The van der Waals surface area contributed by atoms with Crippen molar-refractivity contribution in [2.24, 2.45) is 18.4 Å². The summed E-state index contributed by atoms with van der Waals surface area (Å²) < 4.78 is 1.55. The maximum atomic E-state index is 13.3. The lowest BCUT2D eigenvalue weighted by Gasteiger charge is -2.43. The molecule has 0 unspecified atom stereocenters. The molecule has 2 saturated heterocycles. The van der Waals surface area contributed by atoms with E-state index < -0.39 is 0 Å². The molecule has 152 valence electrons. The van der Waals surface area contributed by atoms with Gasteiger partial charge in [0, 0.05) is 52.2 Å². The molecule has 3 aliphatic rings. The number of amides is 1. The molecule has 4 rings (SSSR count). The minimum absolute atomic E-state index is 0. The molecule has 0 bridgehead atoms. The zero-order valence-corrected chi connectivity index (χ0v) is 17.4. The molecule has 3 heterocycles. The van der Waals surface area contributed by atoms with E-state index in [1.807, 2.05) is 9.80 Å². The molecule has 3 fully saturated rings. The summed E-state index contributed by atoms with van der Waals surface area (Å²) >= 11 is 0. The van der Waals surface area contributed by atoms with Crippen molar-refractivity contribution in [2.45, 2.75) is 25.7 Å². The Morgan fingerprint density at radius 1 is 1.22 bits per heavy atom. The summed E-state index contributed by atoms with van der Waals surface area (Å²) in [6, 6.07) is 0. The van der Waals surface area contributed by atoms with Crippen molar-refractivity contribution in [1.29, 1.82) is 0 Å². The van der Waals surface area contributed by atoms with Gasteiger partial charge < -0.3 is 19.7 Å². The monoisotopic (exact) mass is 417 g/mol. The van der Waals surface area contributed by atoms with Gasteiger partial charge in [0.05, 0.1) is 5.41 Å². The lowest BCUT2D eigenvalue weighted by molar-refractivity contribution is -0.145. The average molecular weight is 418 g/mol. The number of rotatable bonds is 2. The van der Waals surface area contributed by atoms with E-state index in [9.17, 15) is 9.59 Å². The van der Waals surface area contributed by atoms with E-state index in [-0.39, 0.29) is 35.8 Å². The zero-order valence-electron chi connectivity index (χ0n) is 15.7. The Hall–Kier alpha value is -1.31. The van der Waals surface area contributed by atoms with E-state index >= 15 is 0 Å². The minimum Gasteiger partial charge on any atom is -0.348 e. The Morgan fingerprint density at radius 3 is 2.70 bits per heavy atom. The van der Waals surface area contributed by atoms with E-state index in [0.29, 0.717) is 43.8 Å². The van der Waals surface area contributed by atoms with Crippen molar-refractivity contribution in [1.82, 2.24) is 19.8 Å². The number of carbonyl (C=O) groups excluding carboxylic acids is 1. The summed E-state index contributed by atoms with van der Waals surface area (Å²) in [4.78, 5) is 33.8. The van der Waals surface area contributed by atoms with Gasteiger partial charge in [-0.25, -0.2) is 4.98 Å². The fraction of sp³-hybridized carbons (Fsp3) is 0.722. The first-order valence-electron chi connectivity index (χ1n) is 9.38. The Labute approximate surface area is 172 Å². The van der Waals surface area contributed by atoms with Gasteiger partial charge in [-0.1, -0.05) is 12.8 Å². The third kappa shape index (κ3) is 3.82. The van der Waals surface area contributed by atoms with Crippen molar-refractivity contribution >= 4 is 36.5 Å². The third-order valence-corrected chi connectivity index (χ3v) is 6.33. The predicted octanol–water partition coefficient (Wildman–Crippen LogP) is 1.05. The number of piperazine rings is 1. The molecular formula is C18H29Cl2N5O2. The third-order valence-electron chi connectivity index (χ3n) is 6.33. The molecule has 0 spiro atoms. The van der Waals surface area contributed by atoms with Gasteiger partial charge >= 0.3 is 0 Å². The highest BCUT2D eigenvalue weighted by molar-refractivity contribution is 5.85. The summed E-state index contributed by atoms with van der Waals surface area (Å²) in [5.41, 5.74) is -0.255. The average Bonchev–Trinajstić information content (AvgIpc) is 3.09. The molecule has 1 aromatic rings. The molecule has 9 heteroatoms. The predicted molar refractivity (Wildman–Crippen MR) is 110 cm³/mol. The Kier molecular flexibility index (Phi) is 7.16. The maximum absolute atomic E-state index is 13.3. The number of aryl methyl sites for hydroxylation is 1. The number of anilines is 1. The number of halogens is 2. The Bertz CT molecular complexity index is 720. The highest BCUT2D eigenvalue weighted by atomic mass is 35.5. The fourth-order valence-corrected chi connectivity index (χ4v) is 4.81.